The predicted octanol–water partition coefficient (Wildman–Crippen LogP) is 2.81. The van der Waals surface area contributed by atoms with Crippen LogP contribution >= 0.6 is 0 Å². The van der Waals surface area contributed by atoms with E-state index in [-0.39, 0.29) is 5.91 Å². The summed E-state index contributed by atoms with van der Waals surface area (Å²) < 4.78 is 5.41. The van der Waals surface area contributed by atoms with Crippen LogP contribution < -0.4 is 10.2 Å². The molecule has 0 saturated carbocycles. The minimum Gasteiger partial charge on any atom is -0.378 e. The maximum Gasteiger partial charge on any atom is 0.274 e. The molecule has 0 atom stereocenters. The fourth-order valence-corrected chi connectivity index (χ4v) is 2.53. The summed E-state index contributed by atoms with van der Waals surface area (Å²) in [5, 5.41) is 2.96. The number of carbonyl (C=O) groups excluding carboxylic acids is 1. The van der Waals surface area contributed by atoms with Crippen LogP contribution in [0.15, 0.2) is 49.2 Å². The van der Waals surface area contributed by atoms with Crippen LogP contribution in [0.1, 0.15) is 16.1 Å². The maximum atomic E-state index is 12.4. The number of aromatic nitrogens is 1. The van der Waals surface area contributed by atoms with Gasteiger partial charge in [-0.1, -0.05) is 24.8 Å². The smallest absolute Gasteiger partial charge is 0.274 e. The van der Waals surface area contributed by atoms with Crippen molar-refractivity contribution in [2.45, 2.75) is 0 Å². The maximum absolute atomic E-state index is 12.4. The third kappa shape index (κ3) is 3.57. The number of amides is 1. The first kappa shape index (κ1) is 15.2. The van der Waals surface area contributed by atoms with Crippen molar-refractivity contribution < 1.29 is 9.53 Å². The molecule has 1 aromatic heterocycles. The van der Waals surface area contributed by atoms with Crippen LogP contribution in [0, 0.1) is 0 Å². The molecule has 2 heterocycles. The number of rotatable bonds is 4. The van der Waals surface area contributed by atoms with Crippen LogP contribution in [0.2, 0.25) is 0 Å². The summed E-state index contributed by atoms with van der Waals surface area (Å²) in [5.41, 5.74) is 3.17. The Morgan fingerprint density at radius 3 is 2.78 bits per heavy atom. The molecular formula is C18H19N3O2. The van der Waals surface area contributed by atoms with Gasteiger partial charge in [0.15, 0.2) is 0 Å². The van der Waals surface area contributed by atoms with Gasteiger partial charge in [-0.2, -0.15) is 0 Å². The molecule has 1 fully saturated rings. The van der Waals surface area contributed by atoms with Crippen molar-refractivity contribution in [1.82, 2.24) is 4.98 Å². The zero-order valence-electron chi connectivity index (χ0n) is 12.9. The number of anilines is 2. The molecular weight excluding hydrogens is 290 g/mol. The molecule has 0 bridgehead atoms. The molecule has 0 unspecified atom stereocenters. The van der Waals surface area contributed by atoms with Gasteiger partial charge >= 0.3 is 0 Å². The van der Waals surface area contributed by atoms with Crippen molar-refractivity contribution >= 4 is 23.4 Å². The number of ether oxygens (including phenoxy) is 1. The summed E-state index contributed by atoms with van der Waals surface area (Å²) >= 11 is 0. The third-order valence-electron chi connectivity index (χ3n) is 3.75. The molecule has 1 aromatic carbocycles. The molecule has 2 aromatic rings. The van der Waals surface area contributed by atoms with Crippen LogP contribution in [0.25, 0.3) is 6.08 Å². The van der Waals surface area contributed by atoms with Crippen LogP contribution in [0.5, 0.6) is 0 Å². The lowest BCUT2D eigenvalue weighted by molar-refractivity contribution is 0.102. The molecule has 118 valence electrons. The highest BCUT2D eigenvalue weighted by Crippen LogP contribution is 2.29. The first-order chi connectivity index (χ1) is 11.3. The number of pyridine rings is 1. The standard InChI is InChI=1S/C18H19N3O2/c1-2-14-6-7-15(17(13-14)21-9-11-23-12-10-21)20-18(22)16-5-3-4-8-19-16/h2-8,13H,1,9-12H2,(H,20,22). The van der Waals surface area contributed by atoms with Gasteiger partial charge in [0.1, 0.15) is 5.69 Å². The molecule has 0 aliphatic carbocycles. The zero-order chi connectivity index (χ0) is 16.1. The molecule has 0 spiro atoms. The summed E-state index contributed by atoms with van der Waals surface area (Å²) in [6.07, 6.45) is 3.41. The largest absolute Gasteiger partial charge is 0.378 e. The number of nitrogens with zero attached hydrogens (tertiary/aromatic N) is 2. The normalized spacial score (nSPS) is 14.3. The van der Waals surface area contributed by atoms with E-state index in [1.165, 1.54) is 0 Å². The highest BCUT2D eigenvalue weighted by atomic mass is 16.5. The van der Waals surface area contributed by atoms with Gasteiger partial charge in [0.2, 0.25) is 0 Å². The Bertz CT molecular complexity index is 695. The van der Waals surface area contributed by atoms with Crippen molar-refractivity contribution in [3.8, 4) is 0 Å². The second kappa shape index (κ2) is 7.07. The average Bonchev–Trinajstić information content (AvgIpc) is 2.63. The van der Waals surface area contributed by atoms with E-state index >= 15 is 0 Å². The van der Waals surface area contributed by atoms with E-state index in [1.54, 1.807) is 30.5 Å². The Morgan fingerprint density at radius 1 is 1.26 bits per heavy atom. The van der Waals surface area contributed by atoms with E-state index in [4.69, 9.17) is 4.74 Å². The second-order valence-corrected chi connectivity index (χ2v) is 5.25. The highest BCUT2D eigenvalue weighted by Gasteiger charge is 2.17. The van der Waals surface area contributed by atoms with Crippen LogP contribution in [-0.4, -0.2) is 37.2 Å². The lowest BCUT2D eigenvalue weighted by atomic mass is 10.1. The molecule has 1 N–H and O–H groups in total. The zero-order valence-corrected chi connectivity index (χ0v) is 12.9. The number of morpholine rings is 1. The summed E-state index contributed by atoms with van der Waals surface area (Å²) in [4.78, 5) is 18.7. The lowest BCUT2D eigenvalue weighted by Gasteiger charge is -2.30. The van der Waals surface area contributed by atoms with Gasteiger partial charge in [-0.15, -0.1) is 0 Å². The van der Waals surface area contributed by atoms with E-state index in [9.17, 15) is 4.79 Å². The summed E-state index contributed by atoms with van der Waals surface area (Å²) in [6.45, 7) is 6.79. The summed E-state index contributed by atoms with van der Waals surface area (Å²) in [6, 6.07) is 11.2. The minimum atomic E-state index is -0.216. The van der Waals surface area contributed by atoms with Gasteiger partial charge < -0.3 is 15.0 Å². The quantitative estimate of drug-likeness (QED) is 0.943. The molecule has 3 rings (SSSR count). The Kier molecular flexibility index (Phi) is 4.68. The van der Waals surface area contributed by atoms with Gasteiger partial charge in [0.25, 0.3) is 5.91 Å². The van der Waals surface area contributed by atoms with Crippen molar-refractivity contribution in [3.05, 3.63) is 60.4 Å². The molecule has 1 aliphatic heterocycles. The van der Waals surface area contributed by atoms with Gasteiger partial charge in [-0.3, -0.25) is 9.78 Å². The monoisotopic (exact) mass is 309 g/mol. The minimum absolute atomic E-state index is 0.216. The van der Waals surface area contributed by atoms with Gasteiger partial charge in [0, 0.05) is 19.3 Å². The number of carbonyl (C=O) groups is 1. The van der Waals surface area contributed by atoms with E-state index < -0.39 is 0 Å². The Hall–Kier alpha value is -2.66. The van der Waals surface area contributed by atoms with Crippen LogP contribution in [-0.2, 0) is 4.74 Å². The van der Waals surface area contributed by atoms with Crippen molar-refractivity contribution in [2.75, 3.05) is 36.5 Å². The molecule has 5 nitrogen and oxygen atoms in total. The third-order valence-corrected chi connectivity index (χ3v) is 3.75. The average molecular weight is 309 g/mol. The predicted molar refractivity (Wildman–Crippen MR) is 91.8 cm³/mol. The molecule has 0 radical (unpaired) electrons. The second-order valence-electron chi connectivity index (χ2n) is 5.25. The van der Waals surface area contributed by atoms with Gasteiger partial charge in [-0.25, -0.2) is 0 Å². The Morgan fingerprint density at radius 2 is 2.09 bits per heavy atom. The van der Waals surface area contributed by atoms with E-state index in [2.05, 4.69) is 21.8 Å². The molecule has 5 heteroatoms. The molecule has 1 saturated heterocycles. The van der Waals surface area contributed by atoms with E-state index in [0.29, 0.717) is 18.9 Å². The number of hydrogen-bond acceptors (Lipinski definition) is 4. The van der Waals surface area contributed by atoms with Crippen molar-refractivity contribution in [1.29, 1.82) is 0 Å². The molecule has 1 amide bonds. The SMILES string of the molecule is C=Cc1ccc(NC(=O)c2ccccn2)c(N2CCOCC2)c1. The molecule has 1 aliphatic rings. The number of benzene rings is 1. The Labute approximate surface area is 135 Å². The van der Waals surface area contributed by atoms with E-state index in [0.717, 1.165) is 30.0 Å². The topological polar surface area (TPSA) is 54.5 Å². The van der Waals surface area contributed by atoms with Gasteiger partial charge in [0.05, 0.1) is 24.6 Å². The van der Waals surface area contributed by atoms with Crippen LogP contribution in [0.3, 0.4) is 0 Å². The van der Waals surface area contributed by atoms with Crippen LogP contribution in [0.4, 0.5) is 11.4 Å². The number of nitrogens with one attached hydrogen (secondary N) is 1. The fourth-order valence-electron chi connectivity index (χ4n) is 2.53. The Balaban J connectivity index is 1.88. The number of hydrogen-bond donors (Lipinski definition) is 1. The van der Waals surface area contributed by atoms with Gasteiger partial charge in [-0.05, 0) is 29.8 Å². The lowest BCUT2D eigenvalue weighted by Crippen LogP contribution is -2.36. The van der Waals surface area contributed by atoms with E-state index in [1.807, 2.05) is 18.2 Å². The summed E-state index contributed by atoms with van der Waals surface area (Å²) in [7, 11) is 0. The first-order valence-electron chi connectivity index (χ1n) is 7.59. The van der Waals surface area contributed by atoms with Crippen molar-refractivity contribution in [2.24, 2.45) is 0 Å². The molecule has 23 heavy (non-hydrogen) atoms. The summed E-state index contributed by atoms with van der Waals surface area (Å²) in [5.74, 6) is -0.216. The highest BCUT2D eigenvalue weighted by molar-refractivity contribution is 6.04. The fraction of sp³-hybridized carbons (Fsp3) is 0.222. The van der Waals surface area contributed by atoms with Crippen molar-refractivity contribution in [3.63, 3.8) is 0 Å². The first-order valence-corrected chi connectivity index (χ1v) is 7.59.